The first-order valence-corrected chi connectivity index (χ1v) is 14.8. The third-order valence-electron chi connectivity index (χ3n) is 8.83. The van der Waals surface area contributed by atoms with Crippen molar-refractivity contribution in [2.75, 3.05) is 39.3 Å². The Morgan fingerprint density at radius 1 is 1.05 bits per heavy atom. The van der Waals surface area contributed by atoms with Gasteiger partial charge in [0.15, 0.2) is 0 Å². The molecule has 1 aliphatic carbocycles. The van der Waals surface area contributed by atoms with Crippen LogP contribution in [-0.4, -0.2) is 103 Å². The van der Waals surface area contributed by atoms with Crippen molar-refractivity contribution in [1.29, 1.82) is 0 Å². The maximum atomic E-state index is 14.1. The van der Waals surface area contributed by atoms with E-state index in [0.717, 1.165) is 0 Å². The van der Waals surface area contributed by atoms with Gasteiger partial charge in [-0.25, -0.2) is 9.59 Å². The van der Waals surface area contributed by atoms with Crippen molar-refractivity contribution < 1.29 is 33.5 Å². The van der Waals surface area contributed by atoms with Gasteiger partial charge in [-0.1, -0.05) is 61.5 Å². The first-order valence-electron chi connectivity index (χ1n) is 14.8. The van der Waals surface area contributed by atoms with Gasteiger partial charge in [-0.3, -0.25) is 19.2 Å². The SMILES string of the molecule is C=CCNC(=O)C(=O)CNC(=O)[C@@H]1[C@@H]2[C@H](CN1C(=O)[C@@H](NC(=O)N[C@H](CN1CCOC1=O)C(C)(C)C)C(C)(C)C)C2(C)C. The van der Waals surface area contributed by atoms with Gasteiger partial charge in [0.05, 0.1) is 19.1 Å². The molecule has 3 rings (SSSR count). The van der Waals surface area contributed by atoms with Crippen LogP contribution in [0.1, 0.15) is 55.4 Å². The summed E-state index contributed by atoms with van der Waals surface area (Å²) < 4.78 is 5.03. The molecule has 1 saturated carbocycles. The Balaban J connectivity index is 1.74. The molecule has 2 heterocycles. The summed E-state index contributed by atoms with van der Waals surface area (Å²) in [5.41, 5.74) is -1.30. The average Bonchev–Trinajstić information content (AvgIpc) is 3.25. The second-order valence-corrected chi connectivity index (χ2v) is 14.4. The molecule has 0 unspecified atom stereocenters. The minimum absolute atomic E-state index is 0.0822. The molecule has 0 spiro atoms. The summed E-state index contributed by atoms with van der Waals surface area (Å²) in [6.07, 6.45) is 1.01. The summed E-state index contributed by atoms with van der Waals surface area (Å²) in [7, 11) is 0. The summed E-state index contributed by atoms with van der Waals surface area (Å²) in [6, 6.07) is -2.83. The van der Waals surface area contributed by atoms with Gasteiger partial charge in [0.1, 0.15) is 18.7 Å². The zero-order valence-electron chi connectivity index (χ0n) is 26.7. The zero-order chi connectivity index (χ0) is 32.5. The van der Waals surface area contributed by atoms with Crippen molar-refractivity contribution in [3.63, 3.8) is 0 Å². The largest absolute Gasteiger partial charge is 0.448 e. The van der Waals surface area contributed by atoms with E-state index in [2.05, 4.69) is 27.8 Å². The van der Waals surface area contributed by atoms with Crippen molar-refractivity contribution in [1.82, 2.24) is 31.1 Å². The second kappa shape index (κ2) is 12.5. The van der Waals surface area contributed by atoms with Gasteiger partial charge >= 0.3 is 12.1 Å². The van der Waals surface area contributed by atoms with Crippen molar-refractivity contribution in [3.8, 4) is 0 Å². The molecule has 3 aliphatic rings. The van der Waals surface area contributed by atoms with Gasteiger partial charge < -0.3 is 35.8 Å². The third-order valence-corrected chi connectivity index (χ3v) is 8.83. The summed E-state index contributed by atoms with van der Waals surface area (Å²) in [4.78, 5) is 80.1. The van der Waals surface area contributed by atoms with E-state index < -0.39 is 71.1 Å². The van der Waals surface area contributed by atoms with Crippen LogP contribution in [0.15, 0.2) is 12.7 Å². The molecule has 3 fully saturated rings. The molecule has 13 nitrogen and oxygen atoms in total. The van der Waals surface area contributed by atoms with Crippen LogP contribution in [0.2, 0.25) is 0 Å². The van der Waals surface area contributed by atoms with Crippen LogP contribution in [0, 0.1) is 28.1 Å². The van der Waals surface area contributed by atoms with Crippen LogP contribution < -0.4 is 21.3 Å². The molecule has 0 bridgehead atoms. The van der Waals surface area contributed by atoms with Crippen molar-refractivity contribution >= 4 is 35.6 Å². The van der Waals surface area contributed by atoms with Gasteiger partial charge in [0.2, 0.25) is 17.6 Å². The number of amides is 6. The average molecular weight is 605 g/mol. The number of carbonyl (C=O) groups excluding carboxylic acids is 6. The first-order chi connectivity index (χ1) is 19.8. The Morgan fingerprint density at radius 3 is 2.23 bits per heavy atom. The van der Waals surface area contributed by atoms with Crippen molar-refractivity contribution in [3.05, 3.63) is 12.7 Å². The monoisotopic (exact) mass is 604 g/mol. The van der Waals surface area contributed by atoms with Gasteiger partial charge in [-0.05, 0) is 28.1 Å². The summed E-state index contributed by atoms with van der Waals surface area (Å²) in [6.45, 7) is 19.8. The number of urea groups is 1. The summed E-state index contributed by atoms with van der Waals surface area (Å²) in [5, 5.41) is 10.7. The number of rotatable bonds is 11. The molecule has 0 aromatic rings. The van der Waals surface area contributed by atoms with Crippen molar-refractivity contribution in [2.24, 2.45) is 28.1 Å². The van der Waals surface area contributed by atoms with E-state index >= 15 is 0 Å². The molecule has 13 heteroatoms. The molecule has 43 heavy (non-hydrogen) atoms. The molecular weight excluding hydrogens is 556 g/mol. The van der Waals surface area contributed by atoms with E-state index in [-0.39, 0.29) is 30.3 Å². The van der Waals surface area contributed by atoms with E-state index in [0.29, 0.717) is 19.7 Å². The van der Waals surface area contributed by atoms with Crippen LogP contribution in [0.5, 0.6) is 0 Å². The fourth-order valence-electron chi connectivity index (χ4n) is 5.92. The molecule has 0 radical (unpaired) electrons. The fraction of sp³-hybridized carbons (Fsp3) is 0.733. The summed E-state index contributed by atoms with van der Waals surface area (Å²) in [5.74, 6) is -2.60. The lowest BCUT2D eigenvalue weighted by molar-refractivity contribution is -0.144. The number of Topliss-reactive ketones (excluding diaryl/α,β-unsaturated/α-hetero) is 1. The predicted octanol–water partition coefficient (Wildman–Crippen LogP) is 1.04. The van der Waals surface area contributed by atoms with E-state index in [1.165, 1.54) is 15.9 Å². The number of nitrogens with one attached hydrogen (secondary N) is 4. The first kappa shape index (κ1) is 33.9. The molecule has 0 aromatic carbocycles. The molecule has 4 N–H and O–H groups in total. The standard InChI is InChI=1S/C30H48N6O7/c1-10-11-31-23(38)18(37)14-32-24(39)21-20-17(30(20,8)9)15-36(21)25(40)22(29(5,6)7)34-26(41)33-19(28(2,3)4)16-35-12-13-43-27(35)42/h10,17,19-22H,1,11-16H2,2-9H3,(H,31,38)(H,32,39)(H2,33,34,41)/t17-,19+,20-,21-,22+/m0/s1. The number of ether oxygens (including phenoxy) is 1. The highest BCUT2D eigenvalue weighted by Crippen LogP contribution is 2.65. The lowest BCUT2D eigenvalue weighted by Gasteiger charge is -2.38. The van der Waals surface area contributed by atoms with E-state index in [4.69, 9.17) is 4.74 Å². The highest BCUT2D eigenvalue weighted by atomic mass is 16.6. The number of likely N-dealkylation sites (tertiary alicyclic amines) is 1. The highest BCUT2D eigenvalue weighted by molar-refractivity contribution is 6.37. The molecular formula is C30H48N6O7. The van der Waals surface area contributed by atoms with Gasteiger partial charge in [0.25, 0.3) is 5.91 Å². The van der Waals surface area contributed by atoms with E-state index in [1.54, 1.807) is 0 Å². The molecule has 5 atom stereocenters. The lowest BCUT2D eigenvalue weighted by atomic mass is 9.85. The topological polar surface area (TPSA) is 166 Å². The van der Waals surface area contributed by atoms with E-state index in [9.17, 15) is 28.8 Å². The van der Waals surface area contributed by atoms with Crippen LogP contribution in [-0.2, 0) is 23.9 Å². The molecule has 0 aromatic heterocycles. The number of hydrogen-bond donors (Lipinski definition) is 4. The zero-order valence-corrected chi connectivity index (χ0v) is 26.7. The number of fused-ring (bicyclic) bond motifs is 1. The smallest absolute Gasteiger partial charge is 0.410 e. The molecule has 6 amide bonds. The Morgan fingerprint density at radius 2 is 1.70 bits per heavy atom. The number of carbonyl (C=O) groups is 6. The van der Waals surface area contributed by atoms with Crippen LogP contribution in [0.25, 0.3) is 0 Å². The molecule has 240 valence electrons. The normalized spacial score (nSPS) is 23.8. The minimum Gasteiger partial charge on any atom is -0.448 e. The highest BCUT2D eigenvalue weighted by Gasteiger charge is 2.69. The van der Waals surface area contributed by atoms with Crippen LogP contribution in [0.3, 0.4) is 0 Å². The Bertz CT molecular complexity index is 1150. The Hall–Kier alpha value is -3.64. The van der Waals surface area contributed by atoms with E-state index in [1.807, 2.05) is 55.4 Å². The second-order valence-electron chi connectivity index (χ2n) is 14.4. The third kappa shape index (κ3) is 7.66. The Labute approximate surface area is 253 Å². The number of hydrogen-bond acceptors (Lipinski definition) is 7. The lowest BCUT2D eigenvalue weighted by Crippen LogP contribution is -2.62. The van der Waals surface area contributed by atoms with Gasteiger partial charge in [0, 0.05) is 19.6 Å². The maximum Gasteiger partial charge on any atom is 0.410 e. The number of ketones is 1. The number of nitrogens with zero attached hydrogens (tertiary/aromatic N) is 2. The maximum absolute atomic E-state index is 14.1. The van der Waals surface area contributed by atoms with Gasteiger partial charge in [-0.2, -0.15) is 0 Å². The van der Waals surface area contributed by atoms with Crippen LogP contribution >= 0.6 is 0 Å². The van der Waals surface area contributed by atoms with Gasteiger partial charge in [-0.15, -0.1) is 6.58 Å². The predicted molar refractivity (Wildman–Crippen MR) is 159 cm³/mol. The Kier molecular flexibility index (Phi) is 9.87. The number of piperidine rings is 1. The molecule has 2 saturated heterocycles. The molecule has 2 aliphatic heterocycles. The number of cyclic esters (lactones) is 1. The quantitative estimate of drug-likeness (QED) is 0.202. The van der Waals surface area contributed by atoms with Crippen molar-refractivity contribution in [2.45, 2.75) is 73.5 Å². The van der Waals surface area contributed by atoms with Crippen LogP contribution in [0.4, 0.5) is 9.59 Å². The minimum atomic E-state index is -0.980. The summed E-state index contributed by atoms with van der Waals surface area (Å²) >= 11 is 0. The fourth-order valence-corrected chi connectivity index (χ4v) is 5.92.